The van der Waals surface area contributed by atoms with E-state index in [0.29, 0.717) is 0 Å². The lowest BCUT2D eigenvalue weighted by atomic mass is 9.83. The van der Waals surface area contributed by atoms with E-state index in [1.807, 2.05) is 12.1 Å². The molecule has 0 spiro atoms. The first-order valence-electron chi connectivity index (χ1n) is 4.53. The highest BCUT2D eigenvalue weighted by molar-refractivity contribution is 9.11. The Morgan fingerprint density at radius 1 is 1.21 bits per heavy atom. The topological polar surface area (TPSA) is 26.0 Å². The van der Waals surface area contributed by atoms with Crippen LogP contribution in [0, 0.1) is 5.41 Å². The third-order valence-electron chi connectivity index (χ3n) is 2.23. The molecular weight excluding hydrogens is 306 g/mol. The quantitative estimate of drug-likeness (QED) is 0.822. The largest absolute Gasteiger partial charge is 0.323 e. The summed E-state index contributed by atoms with van der Waals surface area (Å²) in [7, 11) is 0. The lowest BCUT2D eigenvalue weighted by Gasteiger charge is -2.28. The molecule has 1 unspecified atom stereocenters. The van der Waals surface area contributed by atoms with Gasteiger partial charge in [0.25, 0.3) is 0 Å². The number of hydrogen-bond donors (Lipinski definition) is 1. The van der Waals surface area contributed by atoms with E-state index < -0.39 is 0 Å². The Morgan fingerprint density at radius 2 is 1.79 bits per heavy atom. The summed E-state index contributed by atoms with van der Waals surface area (Å²) in [4.78, 5) is 0. The summed E-state index contributed by atoms with van der Waals surface area (Å²) in [5.41, 5.74) is 7.41. The second kappa shape index (κ2) is 4.33. The summed E-state index contributed by atoms with van der Waals surface area (Å²) in [6, 6.07) is 6.15. The van der Waals surface area contributed by atoms with E-state index in [-0.39, 0.29) is 11.5 Å². The molecule has 1 atom stereocenters. The van der Waals surface area contributed by atoms with E-state index in [0.717, 1.165) is 14.5 Å². The van der Waals surface area contributed by atoms with Gasteiger partial charge in [0, 0.05) is 15.0 Å². The molecule has 0 aliphatic rings. The Labute approximate surface area is 102 Å². The smallest absolute Gasteiger partial charge is 0.0355 e. The monoisotopic (exact) mass is 319 g/mol. The number of nitrogens with two attached hydrogens (primary N) is 1. The molecule has 1 rings (SSSR count). The van der Waals surface area contributed by atoms with Crippen LogP contribution in [0.2, 0.25) is 0 Å². The van der Waals surface area contributed by atoms with Crippen molar-refractivity contribution in [2.24, 2.45) is 11.1 Å². The SMILES string of the molecule is CC(C)(C)C(N)c1ccc(Br)cc1Br. The summed E-state index contributed by atoms with van der Waals surface area (Å²) >= 11 is 6.96. The summed E-state index contributed by atoms with van der Waals surface area (Å²) in [5, 5.41) is 0. The van der Waals surface area contributed by atoms with Crippen LogP contribution in [-0.4, -0.2) is 0 Å². The molecule has 0 bridgehead atoms. The van der Waals surface area contributed by atoms with Gasteiger partial charge in [0.1, 0.15) is 0 Å². The first-order chi connectivity index (χ1) is 6.32. The fourth-order valence-electron chi connectivity index (χ4n) is 1.22. The fraction of sp³-hybridized carbons (Fsp3) is 0.455. The molecule has 0 saturated carbocycles. The van der Waals surface area contributed by atoms with Gasteiger partial charge in [-0.15, -0.1) is 0 Å². The molecule has 0 radical (unpaired) electrons. The van der Waals surface area contributed by atoms with Crippen molar-refractivity contribution in [3.63, 3.8) is 0 Å². The predicted octanol–water partition coefficient (Wildman–Crippen LogP) is 4.26. The lowest BCUT2D eigenvalue weighted by molar-refractivity contribution is 0.326. The summed E-state index contributed by atoms with van der Waals surface area (Å²) in [5.74, 6) is 0. The third-order valence-corrected chi connectivity index (χ3v) is 3.41. The van der Waals surface area contributed by atoms with Gasteiger partial charge in [-0.2, -0.15) is 0 Å². The fourth-order valence-corrected chi connectivity index (χ4v) is 2.51. The minimum absolute atomic E-state index is 0.0463. The second-order valence-electron chi connectivity index (χ2n) is 4.51. The molecule has 0 heterocycles. The number of hydrogen-bond acceptors (Lipinski definition) is 1. The first-order valence-corrected chi connectivity index (χ1v) is 6.11. The van der Waals surface area contributed by atoms with Crippen LogP contribution in [0.25, 0.3) is 0 Å². The van der Waals surface area contributed by atoms with Crippen LogP contribution < -0.4 is 5.73 Å². The van der Waals surface area contributed by atoms with Crippen LogP contribution in [0.4, 0.5) is 0 Å². The number of rotatable bonds is 1. The molecule has 0 aromatic heterocycles. The van der Waals surface area contributed by atoms with Crippen molar-refractivity contribution >= 4 is 31.9 Å². The Bertz CT molecular complexity index is 329. The van der Waals surface area contributed by atoms with E-state index in [4.69, 9.17) is 5.73 Å². The Kier molecular flexibility index (Phi) is 3.78. The maximum atomic E-state index is 6.18. The van der Waals surface area contributed by atoms with Crippen molar-refractivity contribution in [3.8, 4) is 0 Å². The highest BCUT2D eigenvalue weighted by atomic mass is 79.9. The molecule has 14 heavy (non-hydrogen) atoms. The summed E-state index contributed by atoms with van der Waals surface area (Å²) in [6.07, 6.45) is 0. The van der Waals surface area contributed by atoms with E-state index in [1.54, 1.807) is 0 Å². The van der Waals surface area contributed by atoms with Gasteiger partial charge >= 0.3 is 0 Å². The minimum Gasteiger partial charge on any atom is -0.323 e. The second-order valence-corrected chi connectivity index (χ2v) is 6.28. The molecular formula is C11H15Br2N. The molecule has 0 aliphatic heterocycles. The van der Waals surface area contributed by atoms with Crippen LogP contribution in [0.15, 0.2) is 27.1 Å². The third kappa shape index (κ3) is 2.81. The molecule has 0 fully saturated rings. The predicted molar refractivity (Wildman–Crippen MR) is 68.2 cm³/mol. The van der Waals surface area contributed by atoms with Gasteiger partial charge in [0.05, 0.1) is 0 Å². The lowest BCUT2D eigenvalue weighted by Crippen LogP contribution is -2.26. The Morgan fingerprint density at radius 3 is 2.21 bits per heavy atom. The van der Waals surface area contributed by atoms with Gasteiger partial charge in [0.2, 0.25) is 0 Å². The molecule has 2 N–H and O–H groups in total. The van der Waals surface area contributed by atoms with Crippen LogP contribution in [-0.2, 0) is 0 Å². The van der Waals surface area contributed by atoms with Gasteiger partial charge < -0.3 is 5.73 Å². The van der Waals surface area contributed by atoms with Crippen molar-refractivity contribution in [2.75, 3.05) is 0 Å². The normalized spacial score (nSPS) is 14.1. The highest BCUT2D eigenvalue weighted by Gasteiger charge is 2.23. The van der Waals surface area contributed by atoms with Crippen LogP contribution >= 0.6 is 31.9 Å². The molecule has 3 heteroatoms. The molecule has 0 aliphatic carbocycles. The standard InChI is InChI=1S/C11H15Br2N/c1-11(2,3)10(14)8-5-4-7(12)6-9(8)13/h4-6,10H,14H2,1-3H3. The number of benzene rings is 1. The minimum atomic E-state index is 0.0463. The number of halogens is 2. The average Bonchev–Trinajstić information content (AvgIpc) is 2.01. The zero-order valence-electron chi connectivity index (χ0n) is 8.64. The van der Waals surface area contributed by atoms with Crippen molar-refractivity contribution in [1.82, 2.24) is 0 Å². The van der Waals surface area contributed by atoms with Crippen LogP contribution in [0.5, 0.6) is 0 Å². The average molecular weight is 321 g/mol. The molecule has 1 nitrogen and oxygen atoms in total. The van der Waals surface area contributed by atoms with Crippen molar-refractivity contribution in [3.05, 3.63) is 32.7 Å². The van der Waals surface area contributed by atoms with E-state index in [9.17, 15) is 0 Å². The molecule has 1 aromatic rings. The van der Waals surface area contributed by atoms with Crippen LogP contribution in [0.1, 0.15) is 32.4 Å². The maximum Gasteiger partial charge on any atom is 0.0355 e. The van der Waals surface area contributed by atoms with Gasteiger partial charge in [-0.1, -0.05) is 58.7 Å². The zero-order valence-corrected chi connectivity index (χ0v) is 11.8. The van der Waals surface area contributed by atoms with Crippen molar-refractivity contribution in [2.45, 2.75) is 26.8 Å². The summed E-state index contributed by atoms with van der Waals surface area (Å²) < 4.78 is 2.13. The van der Waals surface area contributed by atoms with E-state index in [2.05, 4.69) is 58.7 Å². The van der Waals surface area contributed by atoms with E-state index >= 15 is 0 Å². The molecule has 0 saturated heterocycles. The molecule has 1 aromatic carbocycles. The Hall–Kier alpha value is 0.140. The molecule has 78 valence electrons. The highest BCUT2D eigenvalue weighted by Crippen LogP contribution is 2.35. The van der Waals surface area contributed by atoms with Gasteiger partial charge in [-0.25, -0.2) is 0 Å². The van der Waals surface area contributed by atoms with Crippen molar-refractivity contribution < 1.29 is 0 Å². The molecule has 0 amide bonds. The van der Waals surface area contributed by atoms with E-state index in [1.165, 1.54) is 0 Å². The zero-order chi connectivity index (χ0) is 10.9. The first kappa shape index (κ1) is 12.2. The maximum absolute atomic E-state index is 6.18. The van der Waals surface area contributed by atoms with Gasteiger partial charge in [-0.3, -0.25) is 0 Å². The van der Waals surface area contributed by atoms with Crippen LogP contribution in [0.3, 0.4) is 0 Å². The van der Waals surface area contributed by atoms with Gasteiger partial charge in [-0.05, 0) is 23.1 Å². The van der Waals surface area contributed by atoms with Crippen molar-refractivity contribution in [1.29, 1.82) is 0 Å². The summed E-state index contributed by atoms with van der Waals surface area (Å²) in [6.45, 7) is 6.43. The van der Waals surface area contributed by atoms with Gasteiger partial charge in [0.15, 0.2) is 0 Å². The Balaban J connectivity index is 3.08.